The molecule has 0 spiro atoms. The van der Waals surface area contributed by atoms with E-state index < -0.39 is 5.82 Å². The van der Waals surface area contributed by atoms with Crippen LogP contribution in [0, 0.1) is 17.1 Å². The summed E-state index contributed by atoms with van der Waals surface area (Å²) in [7, 11) is 0. The first-order valence-corrected chi connectivity index (χ1v) is 6.12. The fourth-order valence-corrected chi connectivity index (χ4v) is 1.74. The molecule has 0 bridgehead atoms. The van der Waals surface area contributed by atoms with Crippen LogP contribution in [-0.4, -0.2) is 9.97 Å². The van der Waals surface area contributed by atoms with Gasteiger partial charge in [0.2, 0.25) is 5.88 Å². The van der Waals surface area contributed by atoms with Crippen molar-refractivity contribution in [1.29, 1.82) is 5.26 Å². The minimum Gasteiger partial charge on any atom is -0.438 e. The minimum absolute atomic E-state index is 0.0340. The average Bonchev–Trinajstić information content (AvgIpc) is 2.43. The Bertz CT molecular complexity index is 667. The summed E-state index contributed by atoms with van der Waals surface area (Å²) < 4.78 is 19.1. The van der Waals surface area contributed by atoms with Crippen LogP contribution in [0.2, 0.25) is 0 Å². The van der Waals surface area contributed by atoms with Crippen LogP contribution in [0.3, 0.4) is 0 Å². The maximum absolute atomic E-state index is 13.5. The summed E-state index contributed by atoms with van der Waals surface area (Å²) in [6, 6.07) is 5.76. The summed E-state index contributed by atoms with van der Waals surface area (Å²) in [5.74, 6) is 0.287. The summed E-state index contributed by atoms with van der Waals surface area (Å²) >= 11 is 0. The largest absolute Gasteiger partial charge is 0.438 e. The molecule has 0 atom stereocenters. The molecule has 2 rings (SSSR count). The summed E-state index contributed by atoms with van der Waals surface area (Å²) in [6.45, 7) is 2.00. The molecule has 0 aliphatic carbocycles. The number of nitriles is 1. The molecule has 0 amide bonds. The molecule has 0 saturated heterocycles. The van der Waals surface area contributed by atoms with Gasteiger partial charge in [-0.3, -0.25) is 0 Å². The van der Waals surface area contributed by atoms with Gasteiger partial charge in [0.1, 0.15) is 29.8 Å². The van der Waals surface area contributed by atoms with Gasteiger partial charge in [-0.15, -0.1) is 0 Å². The van der Waals surface area contributed by atoms with Crippen LogP contribution >= 0.6 is 0 Å². The molecule has 0 aliphatic rings. The van der Waals surface area contributed by atoms with E-state index in [9.17, 15) is 4.39 Å². The molecule has 102 valence electrons. The van der Waals surface area contributed by atoms with Gasteiger partial charge < -0.3 is 10.5 Å². The SMILES string of the molecule is CCCc1c(N)ncnc1Oc1ccc(C#N)c(F)c1. The summed E-state index contributed by atoms with van der Waals surface area (Å²) in [4.78, 5) is 7.94. The molecule has 0 saturated carbocycles. The van der Waals surface area contributed by atoms with E-state index in [-0.39, 0.29) is 11.3 Å². The highest BCUT2D eigenvalue weighted by Gasteiger charge is 2.12. The molecule has 0 fully saturated rings. The highest BCUT2D eigenvalue weighted by molar-refractivity contribution is 5.46. The van der Waals surface area contributed by atoms with Crippen molar-refractivity contribution in [3.63, 3.8) is 0 Å². The standard InChI is InChI=1S/C14H13FN4O/c1-2-3-11-13(17)18-8-19-14(11)20-10-5-4-9(7-16)12(15)6-10/h4-6,8H,2-3H2,1H3,(H2,17,18,19). The van der Waals surface area contributed by atoms with Gasteiger partial charge >= 0.3 is 0 Å². The third-order valence-electron chi connectivity index (χ3n) is 2.71. The molecule has 1 heterocycles. The van der Waals surface area contributed by atoms with E-state index in [1.54, 1.807) is 6.07 Å². The Hall–Kier alpha value is -2.68. The lowest BCUT2D eigenvalue weighted by Gasteiger charge is -2.10. The van der Waals surface area contributed by atoms with Gasteiger partial charge in [-0.2, -0.15) is 5.26 Å². The molecule has 6 heteroatoms. The Morgan fingerprint density at radius 2 is 2.20 bits per heavy atom. The smallest absolute Gasteiger partial charge is 0.227 e. The van der Waals surface area contributed by atoms with Gasteiger partial charge in [-0.25, -0.2) is 14.4 Å². The van der Waals surface area contributed by atoms with E-state index in [0.29, 0.717) is 23.7 Å². The molecule has 0 aliphatic heterocycles. The van der Waals surface area contributed by atoms with Crippen LogP contribution < -0.4 is 10.5 Å². The van der Waals surface area contributed by atoms with Gasteiger partial charge in [0.15, 0.2) is 0 Å². The van der Waals surface area contributed by atoms with E-state index in [1.165, 1.54) is 18.5 Å². The van der Waals surface area contributed by atoms with Crippen molar-refractivity contribution >= 4 is 5.82 Å². The van der Waals surface area contributed by atoms with Crippen molar-refractivity contribution in [3.8, 4) is 17.7 Å². The number of hydrogen-bond acceptors (Lipinski definition) is 5. The Morgan fingerprint density at radius 3 is 2.85 bits per heavy atom. The lowest BCUT2D eigenvalue weighted by atomic mass is 10.2. The van der Waals surface area contributed by atoms with Gasteiger partial charge in [-0.05, 0) is 18.6 Å². The summed E-state index contributed by atoms with van der Waals surface area (Å²) in [6.07, 6.45) is 2.82. The quantitative estimate of drug-likeness (QED) is 0.925. The van der Waals surface area contributed by atoms with Crippen LogP contribution in [-0.2, 0) is 6.42 Å². The number of nitrogen functional groups attached to an aromatic ring is 1. The molecule has 0 radical (unpaired) electrons. The molecule has 1 aromatic heterocycles. The van der Waals surface area contributed by atoms with Crippen molar-refractivity contribution in [2.45, 2.75) is 19.8 Å². The second-order valence-electron chi connectivity index (χ2n) is 4.15. The van der Waals surface area contributed by atoms with Crippen LogP contribution in [0.1, 0.15) is 24.5 Å². The number of nitrogens with two attached hydrogens (primary N) is 1. The third kappa shape index (κ3) is 2.83. The highest BCUT2D eigenvalue weighted by Crippen LogP contribution is 2.27. The van der Waals surface area contributed by atoms with Gasteiger partial charge in [0, 0.05) is 6.07 Å². The van der Waals surface area contributed by atoms with Crippen molar-refractivity contribution < 1.29 is 9.13 Å². The summed E-state index contributed by atoms with van der Waals surface area (Å²) in [5.41, 5.74) is 6.45. The number of halogens is 1. The molecule has 0 unspecified atom stereocenters. The van der Waals surface area contributed by atoms with Crippen LogP contribution in [0.4, 0.5) is 10.2 Å². The van der Waals surface area contributed by atoms with Gasteiger partial charge in [-0.1, -0.05) is 13.3 Å². The van der Waals surface area contributed by atoms with Crippen molar-refractivity contribution in [3.05, 3.63) is 41.5 Å². The van der Waals surface area contributed by atoms with Gasteiger partial charge in [0.05, 0.1) is 11.1 Å². The van der Waals surface area contributed by atoms with Crippen molar-refractivity contribution in [2.24, 2.45) is 0 Å². The van der Waals surface area contributed by atoms with Crippen molar-refractivity contribution in [2.75, 3.05) is 5.73 Å². The second-order valence-corrected chi connectivity index (χ2v) is 4.15. The number of benzene rings is 1. The zero-order valence-corrected chi connectivity index (χ0v) is 10.9. The zero-order valence-electron chi connectivity index (χ0n) is 10.9. The predicted molar refractivity (Wildman–Crippen MR) is 71.6 cm³/mol. The van der Waals surface area contributed by atoms with E-state index in [4.69, 9.17) is 15.7 Å². The molecular weight excluding hydrogens is 259 g/mol. The molecule has 5 nitrogen and oxygen atoms in total. The Kier molecular flexibility index (Phi) is 4.11. The monoisotopic (exact) mass is 272 g/mol. The van der Waals surface area contributed by atoms with Gasteiger partial charge in [0.25, 0.3) is 0 Å². The number of nitrogens with zero attached hydrogens (tertiary/aromatic N) is 3. The topological polar surface area (TPSA) is 84.8 Å². The van der Waals surface area contributed by atoms with E-state index >= 15 is 0 Å². The highest BCUT2D eigenvalue weighted by atomic mass is 19.1. The molecule has 20 heavy (non-hydrogen) atoms. The van der Waals surface area contributed by atoms with Crippen LogP contribution in [0.25, 0.3) is 0 Å². The van der Waals surface area contributed by atoms with Crippen LogP contribution in [0.5, 0.6) is 11.6 Å². The fraction of sp³-hybridized carbons (Fsp3) is 0.214. The first-order chi connectivity index (χ1) is 9.65. The normalized spacial score (nSPS) is 10.1. The van der Waals surface area contributed by atoms with Crippen LogP contribution in [0.15, 0.2) is 24.5 Å². The molecule has 2 aromatic rings. The second kappa shape index (κ2) is 5.97. The van der Waals surface area contributed by atoms with E-state index in [0.717, 1.165) is 12.5 Å². The first kappa shape index (κ1) is 13.7. The maximum atomic E-state index is 13.5. The van der Waals surface area contributed by atoms with Crippen molar-refractivity contribution in [1.82, 2.24) is 9.97 Å². The average molecular weight is 272 g/mol. The lowest BCUT2D eigenvalue weighted by molar-refractivity contribution is 0.450. The molecular formula is C14H13FN4O. The minimum atomic E-state index is -0.635. The number of ether oxygens (including phenoxy) is 1. The Morgan fingerprint density at radius 1 is 1.40 bits per heavy atom. The van der Waals surface area contributed by atoms with E-state index in [1.807, 2.05) is 6.92 Å². The number of anilines is 1. The zero-order chi connectivity index (χ0) is 14.5. The third-order valence-corrected chi connectivity index (χ3v) is 2.71. The molecule has 2 N–H and O–H groups in total. The predicted octanol–water partition coefficient (Wildman–Crippen LogP) is 2.81. The lowest BCUT2D eigenvalue weighted by Crippen LogP contribution is -2.02. The number of hydrogen-bond donors (Lipinski definition) is 1. The van der Waals surface area contributed by atoms with E-state index in [2.05, 4.69) is 9.97 Å². The number of rotatable bonds is 4. The summed E-state index contributed by atoms with van der Waals surface area (Å²) in [5, 5.41) is 8.68. The number of aromatic nitrogens is 2. The Balaban J connectivity index is 2.33. The first-order valence-electron chi connectivity index (χ1n) is 6.12. The Labute approximate surface area is 115 Å². The fourth-order valence-electron chi connectivity index (χ4n) is 1.74. The molecule has 1 aromatic carbocycles. The maximum Gasteiger partial charge on any atom is 0.227 e.